The highest BCUT2D eigenvalue weighted by molar-refractivity contribution is 5.93. The van der Waals surface area contributed by atoms with Crippen LogP contribution in [0.3, 0.4) is 0 Å². The zero-order chi connectivity index (χ0) is 15.5. The van der Waals surface area contributed by atoms with E-state index >= 15 is 0 Å². The van der Waals surface area contributed by atoms with Crippen molar-refractivity contribution in [2.24, 2.45) is 0 Å². The van der Waals surface area contributed by atoms with Crippen LogP contribution in [-0.2, 0) is 4.79 Å². The van der Waals surface area contributed by atoms with Crippen molar-refractivity contribution in [1.29, 1.82) is 0 Å². The standard InChI is InChI=1S/C14H15N3O4/c1-14(21,12(18)19)8-16-13(20)17-10-4-5-11-9(7-10)3-2-6-15-11/h2-7,21H,8H2,1H3,(H,18,19)(H2,16,17,20). The number of carbonyl (C=O) groups excluding carboxylic acids is 1. The number of carbonyl (C=O) groups is 2. The molecule has 1 heterocycles. The molecule has 0 saturated carbocycles. The van der Waals surface area contributed by atoms with Gasteiger partial charge in [-0.25, -0.2) is 9.59 Å². The molecule has 0 radical (unpaired) electrons. The summed E-state index contributed by atoms with van der Waals surface area (Å²) in [6, 6.07) is 8.25. The topological polar surface area (TPSA) is 112 Å². The van der Waals surface area contributed by atoms with Crippen molar-refractivity contribution in [1.82, 2.24) is 10.3 Å². The summed E-state index contributed by atoms with van der Waals surface area (Å²) in [5.74, 6) is -1.40. The molecule has 0 saturated heterocycles. The first-order valence-corrected chi connectivity index (χ1v) is 6.24. The largest absolute Gasteiger partial charge is 0.479 e. The Bertz CT molecular complexity index is 685. The molecule has 1 unspecified atom stereocenters. The Hall–Kier alpha value is -2.67. The van der Waals surface area contributed by atoms with E-state index in [9.17, 15) is 14.7 Å². The minimum atomic E-state index is -2.01. The van der Waals surface area contributed by atoms with Crippen LogP contribution < -0.4 is 10.6 Å². The molecular formula is C14H15N3O4. The van der Waals surface area contributed by atoms with E-state index in [0.717, 1.165) is 17.8 Å². The number of rotatable bonds is 4. The van der Waals surface area contributed by atoms with Crippen LogP contribution in [-0.4, -0.2) is 39.3 Å². The van der Waals surface area contributed by atoms with Crippen molar-refractivity contribution in [2.75, 3.05) is 11.9 Å². The molecule has 0 bridgehead atoms. The maximum Gasteiger partial charge on any atom is 0.337 e. The number of anilines is 1. The van der Waals surface area contributed by atoms with E-state index in [0.29, 0.717) is 5.69 Å². The number of hydrogen-bond donors (Lipinski definition) is 4. The highest BCUT2D eigenvalue weighted by Crippen LogP contribution is 2.16. The van der Waals surface area contributed by atoms with Crippen LogP contribution in [0.4, 0.5) is 10.5 Å². The number of nitrogens with one attached hydrogen (secondary N) is 2. The average Bonchev–Trinajstić information content (AvgIpc) is 2.45. The average molecular weight is 289 g/mol. The summed E-state index contributed by atoms with van der Waals surface area (Å²) >= 11 is 0. The second-order valence-corrected chi connectivity index (χ2v) is 4.80. The predicted molar refractivity (Wildman–Crippen MR) is 77.0 cm³/mol. The maximum absolute atomic E-state index is 11.7. The molecule has 110 valence electrons. The summed E-state index contributed by atoms with van der Waals surface area (Å²) in [6.45, 7) is 0.709. The van der Waals surface area contributed by atoms with E-state index in [1.165, 1.54) is 0 Å². The molecule has 0 spiro atoms. The van der Waals surface area contributed by atoms with Gasteiger partial charge in [0.2, 0.25) is 0 Å². The number of carboxylic acids is 1. The summed E-state index contributed by atoms with van der Waals surface area (Å²) in [5.41, 5.74) is -0.662. The number of hydrogen-bond acceptors (Lipinski definition) is 4. The third-order valence-corrected chi connectivity index (χ3v) is 2.91. The number of urea groups is 1. The summed E-state index contributed by atoms with van der Waals surface area (Å²) in [4.78, 5) is 26.5. The van der Waals surface area contributed by atoms with E-state index < -0.39 is 24.1 Å². The Morgan fingerprint density at radius 3 is 2.81 bits per heavy atom. The van der Waals surface area contributed by atoms with Crippen LogP contribution in [0.1, 0.15) is 6.92 Å². The minimum Gasteiger partial charge on any atom is -0.479 e. The lowest BCUT2D eigenvalue weighted by atomic mass is 10.1. The predicted octanol–water partition coefficient (Wildman–Crippen LogP) is 1.19. The number of aliphatic hydroxyl groups is 1. The highest BCUT2D eigenvalue weighted by atomic mass is 16.4. The number of benzene rings is 1. The number of pyridine rings is 1. The second kappa shape index (κ2) is 5.76. The van der Waals surface area contributed by atoms with Gasteiger partial charge in [-0.3, -0.25) is 4.98 Å². The second-order valence-electron chi connectivity index (χ2n) is 4.80. The third kappa shape index (κ3) is 3.67. The van der Waals surface area contributed by atoms with Gasteiger partial charge < -0.3 is 20.8 Å². The van der Waals surface area contributed by atoms with Crippen LogP contribution in [0, 0.1) is 0 Å². The Balaban J connectivity index is 2.00. The van der Waals surface area contributed by atoms with Gasteiger partial charge in [0, 0.05) is 17.3 Å². The zero-order valence-corrected chi connectivity index (χ0v) is 11.3. The molecule has 1 aromatic carbocycles. The summed E-state index contributed by atoms with van der Waals surface area (Å²) < 4.78 is 0. The summed E-state index contributed by atoms with van der Waals surface area (Å²) in [6.07, 6.45) is 1.68. The first-order chi connectivity index (χ1) is 9.88. The number of aromatic nitrogens is 1. The number of nitrogens with zero attached hydrogens (tertiary/aromatic N) is 1. The molecule has 2 amide bonds. The van der Waals surface area contributed by atoms with E-state index in [2.05, 4.69) is 15.6 Å². The lowest BCUT2D eigenvalue weighted by Gasteiger charge is -2.18. The molecule has 0 aliphatic carbocycles. The molecule has 4 N–H and O–H groups in total. The van der Waals surface area contributed by atoms with Gasteiger partial charge in [0.15, 0.2) is 5.60 Å². The number of amides is 2. The van der Waals surface area contributed by atoms with E-state index in [4.69, 9.17) is 5.11 Å². The highest BCUT2D eigenvalue weighted by Gasteiger charge is 2.30. The Kier molecular flexibility index (Phi) is 4.04. The van der Waals surface area contributed by atoms with Crippen LogP contribution in [0.2, 0.25) is 0 Å². The first kappa shape index (κ1) is 14.7. The molecule has 1 atom stereocenters. The number of aliphatic carboxylic acids is 1. The van der Waals surface area contributed by atoms with Crippen molar-refractivity contribution in [3.63, 3.8) is 0 Å². The molecule has 0 fully saturated rings. The SMILES string of the molecule is CC(O)(CNC(=O)Nc1ccc2ncccc2c1)C(=O)O. The van der Waals surface area contributed by atoms with Crippen molar-refractivity contribution < 1.29 is 19.8 Å². The van der Waals surface area contributed by atoms with Gasteiger partial charge in [-0.1, -0.05) is 6.07 Å². The summed E-state index contributed by atoms with van der Waals surface area (Å²) in [5, 5.41) is 24.0. The van der Waals surface area contributed by atoms with Gasteiger partial charge in [0.25, 0.3) is 0 Å². The molecule has 0 aliphatic heterocycles. The fourth-order valence-corrected chi connectivity index (χ4v) is 1.66. The fourth-order valence-electron chi connectivity index (χ4n) is 1.66. The first-order valence-electron chi connectivity index (χ1n) is 6.24. The van der Waals surface area contributed by atoms with Gasteiger partial charge >= 0.3 is 12.0 Å². The Labute approximate surface area is 120 Å². The van der Waals surface area contributed by atoms with Crippen LogP contribution in [0.5, 0.6) is 0 Å². The number of fused-ring (bicyclic) bond motifs is 1. The quantitative estimate of drug-likeness (QED) is 0.675. The minimum absolute atomic E-state index is 0.400. The van der Waals surface area contributed by atoms with Crippen LogP contribution >= 0.6 is 0 Å². The molecule has 2 rings (SSSR count). The van der Waals surface area contributed by atoms with Crippen molar-refractivity contribution in [3.8, 4) is 0 Å². The Morgan fingerprint density at radius 2 is 2.10 bits per heavy atom. The van der Waals surface area contributed by atoms with Crippen molar-refractivity contribution >= 4 is 28.6 Å². The molecule has 1 aromatic heterocycles. The molecule has 7 heteroatoms. The van der Waals surface area contributed by atoms with Gasteiger partial charge in [0.05, 0.1) is 12.1 Å². The Morgan fingerprint density at radius 1 is 1.33 bits per heavy atom. The van der Waals surface area contributed by atoms with Crippen molar-refractivity contribution in [3.05, 3.63) is 36.5 Å². The lowest BCUT2D eigenvalue weighted by Crippen LogP contribution is -2.47. The summed E-state index contributed by atoms with van der Waals surface area (Å²) in [7, 11) is 0. The third-order valence-electron chi connectivity index (χ3n) is 2.91. The molecular weight excluding hydrogens is 274 g/mol. The van der Waals surface area contributed by atoms with Crippen LogP contribution in [0.15, 0.2) is 36.5 Å². The normalized spacial score (nSPS) is 13.4. The zero-order valence-electron chi connectivity index (χ0n) is 11.3. The molecule has 21 heavy (non-hydrogen) atoms. The van der Waals surface area contributed by atoms with E-state index in [1.54, 1.807) is 30.5 Å². The molecule has 7 nitrogen and oxygen atoms in total. The van der Waals surface area contributed by atoms with E-state index in [-0.39, 0.29) is 0 Å². The van der Waals surface area contributed by atoms with Gasteiger partial charge in [-0.2, -0.15) is 0 Å². The smallest absolute Gasteiger partial charge is 0.337 e. The fraction of sp³-hybridized carbons (Fsp3) is 0.214. The van der Waals surface area contributed by atoms with Crippen LogP contribution in [0.25, 0.3) is 10.9 Å². The maximum atomic E-state index is 11.7. The van der Waals surface area contributed by atoms with E-state index in [1.807, 2.05) is 6.07 Å². The van der Waals surface area contributed by atoms with Gasteiger partial charge in [0.1, 0.15) is 0 Å². The molecule has 0 aliphatic rings. The number of carboxylic acid groups (broad SMARTS) is 1. The molecule has 2 aromatic rings. The van der Waals surface area contributed by atoms with Gasteiger partial charge in [-0.15, -0.1) is 0 Å². The van der Waals surface area contributed by atoms with Gasteiger partial charge in [-0.05, 0) is 31.2 Å². The lowest BCUT2D eigenvalue weighted by molar-refractivity contribution is -0.155. The van der Waals surface area contributed by atoms with Crippen molar-refractivity contribution in [2.45, 2.75) is 12.5 Å². The monoisotopic (exact) mass is 289 g/mol.